The third-order valence-corrected chi connectivity index (χ3v) is 2.72. The smallest absolute Gasteiger partial charge is 0.369 e. The summed E-state index contributed by atoms with van der Waals surface area (Å²) in [7, 11) is 0. The van der Waals surface area contributed by atoms with E-state index >= 15 is 0 Å². The average Bonchev–Trinajstić information content (AvgIpc) is 2.88. The molecule has 3 rings (SSSR count). The Hall–Kier alpha value is -2.71. The quantitative estimate of drug-likeness (QED) is 0.734. The maximum atomic E-state index is 12.7. The van der Waals surface area contributed by atoms with Crippen LogP contribution in [-0.2, 0) is 6.18 Å². The highest BCUT2D eigenvalue weighted by atomic mass is 19.4. The molecule has 0 radical (unpaired) electrons. The van der Waals surface area contributed by atoms with E-state index in [0.717, 1.165) is 12.3 Å². The predicted molar refractivity (Wildman–Crippen MR) is 63.4 cm³/mol. The Morgan fingerprint density at radius 1 is 1.20 bits per heavy atom. The van der Waals surface area contributed by atoms with Crippen molar-refractivity contribution in [1.82, 2.24) is 24.6 Å². The van der Waals surface area contributed by atoms with Crippen LogP contribution in [0.1, 0.15) is 5.69 Å². The molecule has 0 saturated heterocycles. The molecule has 102 valence electrons. The molecule has 0 aliphatic heterocycles. The van der Waals surface area contributed by atoms with E-state index in [-0.39, 0.29) is 11.5 Å². The predicted octanol–water partition coefficient (Wildman–Crippen LogP) is 1.79. The summed E-state index contributed by atoms with van der Waals surface area (Å²) >= 11 is 0. The van der Waals surface area contributed by atoms with Crippen LogP contribution in [0.25, 0.3) is 16.8 Å². The molecule has 0 aromatic carbocycles. The van der Waals surface area contributed by atoms with Gasteiger partial charge in [-0.15, -0.1) is 10.2 Å². The molecule has 0 aliphatic rings. The Balaban J connectivity index is 2.21. The normalized spacial score (nSPS) is 11.9. The largest absolute Gasteiger partial charge is 0.433 e. The zero-order valence-electron chi connectivity index (χ0n) is 9.83. The van der Waals surface area contributed by atoms with Gasteiger partial charge in [-0.25, -0.2) is 4.98 Å². The van der Waals surface area contributed by atoms with Crippen molar-refractivity contribution in [2.45, 2.75) is 6.18 Å². The van der Waals surface area contributed by atoms with Gasteiger partial charge in [0.1, 0.15) is 12.0 Å². The Labute approximate surface area is 110 Å². The minimum Gasteiger partial charge on any atom is -0.369 e. The van der Waals surface area contributed by atoms with E-state index in [0.29, 0.717) is 11.2 Å². The summed E-state index contributed by atoms with van der Waals surface area (Å²) in [4.78, 5) is 7.22. The molecule has 6 nitrogen and oxygen atoms in total. The highest BCUT2D eigenvalue weighted by Gasteiger charge is 2.32. The summed E-state index contributed by atoms with van der Waals surface area (Å²) in [5.41, 5.74) is 5.66. The van der Waals surface area contributed by atoms with Gasteiger partial charge in [-0.2, -0.15) is 13.2 Å². The average molecular weight is 280 g/mol. The third kappa shape index (κ3) is 1.92. The fourth-order valence-corrected chi connectivity index (χ4v) is 1.79. The fourth-order valence-electron chi connectivity index (χ4n) is 1.79. The van der Waals surface area contributed by atoms with Gasteiger partial charge < -0.3 is 5.73 Å². The maximum Gasteiger partial charge on any atom is 0.433 e. The highest BCUT2D eigenvalue weighted by molar-refractivity contribution is 5.77. The van der Waals surface area contributed by atoms with Crippen molar-refractivity contribution in [2.75, 3.05) is 5.73 Å². The molecule has 0 unspecified atom stereocenters. The van der Waals surface area contributed by atoms with E-state index in [1.807, 2.05) is 0 Å². The molecule has 9 heteroatoms. The zero-order chi connectivity index (χ0) is 14.3. The van der Waals surface area contributed by atoms with Crippen molar-refractivity contribution in [1.29, 1.82) is 0 Å². The van der Waals surface area contributed by atoms with Crippen LogP contribution in [0.4, 0.5) is 19.1 Å². The second kappa shape index (κ2) is 4.15. The summed E-state index contributed by atoms with van der Waals surface area (Å²) in [6, 6.07) is 2.37. The summed E-state index contributed by atoms with van der Waals surface area (Å²) in [6.45, 7) is 0. The van der Waals surface area contributed by atoms with E-state index in [1.165, 1.54) is 23.0 Å². The lowest BCUT2D eigenvalue weighted by molar-refractivity contribution is -0.141. The first kappa shape index (κ1) is 12.3. The van der Waals surface area contributed by atoms with Crippen LogP contribution in [0.5, 0.6) is 0 Å². The lowest BCUT2D eigenvalue weighted by atomic mass is 10.1. The van der Waals surface area contributed by atoms with Crippen molar-refractivity contribution in [3.05, 3.63) is 36.5 Å². The molecule has 20 heavy (non-hydrogen) atoms. The van der Waals surface area contributed by atoms with Gasteiger partial charge in [-0.3, -0.25) is 9.38 Å². The number of aromatic nitrogens is 5. The van der Waals surface area contributed by atoms with Crippen LogP contribution in [-0.4, -0.2) is 24.6 Å². The Kier molecular flexibility index (Phi) is 2.56. The number of halogens is 3. The molecule has 3 aromatic heterocycles. The van der Waals surface area contributed by atoms with Crippen LogP contribution in [0, 0.1) is 0 Å². The molecule has 0 saturated carbocycles. The first-order valence-corrected chi connectivity index (χ1v) is 5.44. The van der Waals surface area contributed by atoms with Gasteiger partial charge in [0.25, 0.3) is 0 Å². The summed E-state index contributed by atoms with van der Waals surface area (Å²) in [5.74, 6) is 0.152. The molecule has 3 heterocycles. The number of hydrogen-bond acceptors (Lipinski definition) is 5. The SMILES string of the molecule is Nc1ncc(-c2ccnc(C(F)(F)F)c2)c2nncn12. The van der Waals surface area contributed by atoms with E-state index in [1.54, 1.807) is 0 Å². The number of rotatable bonds is 1. The number of alkyl halides is 3. The van der Waals surface area contributed by atoms with Crippen molar-refractivity contribution in [2.24, 2.45) is 0 Å². The molecule has 0 spiro atoms. The third-order valence-electron chi connectivity index (χ3n) is 2.72. The number of anilines is 1. The van der Waals surface area contributed by atoms with Crippen LogP contribution in [0.2, 0.25) is 0 Å². The lowest BCUT2D eigenvalue weighted by Crippen LogP contribution is -2.08. The fraction of sp³-hybridized carbons (Fsp3) is 0.0909. The topological polar surface area (TPSA) is 82.0 Å². The number of pyridine rings is 1. The van der Waals surface area contributed by atoms with Gasteiger partial charge >= 0.3 is 6.18 Å². The maximum absolute atomic E-state index is 12.7. The van der Waals surface area contributed by atoms with Crippen molar-refractivity contribution in [3.63, 3.8) is 0 Å². The highest BCUT2D eigenvalue weighted by Crippen LogP contribution is 2.31. The molecule has 0 atom stereocenters. The molecular weight excluding hydrogens is 273 g/mol. The van der Waals surface area contributed by atoms with Crippen LogP contribution >= 0.6 is 0 Å². The minimum absolute atomic E-state index is 0.152. The summed E-state index contributed by atoms with van der Waals surface area (Å²) in [6.07, 6.45) is -0.732. The Bertz CT molecular complexity index is 779. The van der Waals surface area contributed by atoms with Crippen LogP contribution in [0.3, 0.4) is 0 Å². The van der Waals surface area contributed by atoms with E-state index < -0.39 is 11.9 Å². The van der Waals surface area contributed by atoms with Crippen LogP contribution in [0.15, 0.2) is 30.9 Å². The van der Waals surface area contributed by atoms with Gasteiger partial charge in [-0.05, 0) is 17.7 Å². The van der Waals surface area contributed by atoms with Gasteiger partial charge in [0.2, 0.25) is 5.95 Å². The van der Waals surface area contributed by atoms with Crippen molar-refractivity contribution < 1.29 is 13.2 Å². The first-order valence-electron chi connectivity index (χ1n) is 5.44. The first-order chi connectivity index (χ1) is 9.47. The number of nitrogens with two attached hydrogens (primary N) is 1. The Morgan fingerprint density at radius 3 is 2.75 bits per heavy atom. The molecular formula is C11H7F3N6. The Morgan fingerprint density at radius 2 is 2.00 bits per heavy atom. The van der Waals surface area contributed by atoms with E-state index in [9.17, 15) is 13.2 Å². The zero-order valence-corrected chi connectivity index (χ0v) is 9.83. The van der Waals surface area contributed by atoms with Gasteiger partial charge in [-0.1, -0.05) is 0 Å². The number of fused-ring (bicyclic) bond motifs is 1. The number of hydrogen-bond donors (Lipinski definition) is 1. The molecule has 3 aromatic rings. The standard InChI is InChI=1S/C11H7F3N6/c12-11(13,14)8-3-6(1-2-16-8)7-4-17-10(15)20-5-18-19-9(7)20/h1-5H,(H2,15,17). The number of nitrogen functional groups attached to an aromatic ring is 1. The summed E-state index contributed by atoms with van der Waals surface area (Å²) < 4.78 is 39.4. The minimum atomic E-state index is -4.51. The van der Waals surface area contributed by atoms with Gasteiger partial charge in [0.05, 0.1) is 0 Å². The van der Waals surface area contributed by atoms with Gasteiger partial charge in [0, 0.05) is 18.0 Å². The van der Waals surface area contributed by atoms with Crippen molar-refractivity contribution >= 4 is 11.6 Å². The second-order valence-corrected chi connectivity index (χ2v) is 3.98. The molecule has 0 bridgehead atoms. The van der Waals surface area contributed by atoms with Crippen LogP contribution < -0.4 is 5.73 Å². The number of nitrogens with zero attached hydrogens (tertiary/aromatic N) is 5. The summed E-state index contributed by atoms with van der Waals surface area (Å²) in [5, 5.41) is 7.51. The second-order valence-electron chi connectivity index (χ2n) is 3.98. The van der Waals surface area contributed by atoms with E-state index in [4.69, 9.17) is 5.73 Å². The molecule has 0 aliphatic carbocycles. The molecule has 0 amide bonds. The monoisotopic (exact) mass is 280 g/mol. The lowest BCUT2D eigenvalue weighted by Gasteiger charge is -2.08. The molecule has 2 N–H and O–H groups in total. The van der Waals surface area contributed by atoms with Crippen molar-refractivity contribution in [3.8, 4) is 11.1 Å². The van der Waals surface area contributed by atoms with E-state index in [2.05, 4.69) is 20.2 Å². The molecule has 0 fully saturated rings. The van der Waals surface area contributed by atoms with Gasteiger partial charge in [0.15, 0.2) is 5.65 Å².